The Morgan fingerprint density at radius 2 is 2.24 bits per heavy atom. The molecule has 0 saturated carbocycles. The first-order chi connectivity index (χ1) is 8.24. The van der Waals surface area contributed by atoms with Crippen LogP contribution >= 0.6 is 0 Å². The van der Waals surface area contributed by atoms with Crippen LogP contribution in [0, 0.1) is 18.2 Å². The van der Waals surface area contributed by atoms with Crippen LogP contribution in [-0.2, 0) is 9.53 Å². The predicted octanol–water partition coefficient (Wildman–Crippen LogP) is 2.80. The summed E-state index contributed by atoms with van der Waals surface area (Å²) in [6.45, 7) is 0.225. The number of rotatable bonds is 5. The summed E-state index contributed by atoms with van der Waals surface area (Å²) in [5, 5.41) is 0. The van der Waals surface area contributed by atoms with E-state index in [0.29, 0.717) is 12.0 Å². The fourth-order valence-electron chi connectivity index (χ4n) is 1.18. The second-order valence-corrected chi connectivity index (χ2v) is 3.30. The SMILES string of the molecule is C#CCCOC(=O)C/C=C/c1ccccc1F. The molecule has 0 radical (unpaired) electrons. The minimum atomic E-state index is -0.368. The third kappa shape index (κ3) is 4.98. The van der Waals surface area contributed by atoms with E-state index in [4.69, 9.17) is 11.2 Å². The molecule has 17 heavy (non-hydrogen) atoms. The van der Waals surface area contributed by atoms with Crippen molar-refractivity contribution < 1.29 is 13.9 Å². The predicted molar refractivity (Wildman–Crippen MR) is 64.5 cm³/mol. The van der Waals surface area contributed by atoms with Gasteiger partial charge in [-0.2, -0.15) is 0 Å². The fourth-order valence-corrected chi connectivity index (χ4v) is 1.18. The summed E-state index contributed by atoms with van der Waals surface area (Å²) >= 11 is 0. The molecule has 0 aliphatic heterocycles. The van der Waals surface area contributed by atoms with Crippen LogP contribution in [0.4, 0.5) is 4.39 Å². The Hall–Kier alpha value is -2.08. The quantitative estimate of drug-likeness (QED) is 0.443. The lowest BCUT2D eigenvalue weighted by Gasteiger charge is -1.99. The molecule has 1 aromatic carbocycles. The van der Waals surface area contributed by atoms with E-state index in [1.165, 1.54) is 6.07 Å². The Morgan fingerprint density at radius 3 is 2.94 bits per heavy atom. The first-order valence-corrected chi connectivity index (χ1v) is 5.24. The second kappa shape index (κ2) is 7.24. The maximum Gasteiger partial charge on any atom is 0.309 e. The zero-order valence-corrected chi connectivity index (χ0v) is 9.36. The molecule has 0 fully saturated rings. The number of hydrogen-bond acceptors (Lipinski definition) is 2. The molecule has 0 unspecified atom stereocenters. The molecule has 0 N–H and O–H groups in total. The Balaban J connectivity index is 2.38. The van der Waals surface area contributed by atoms with E-state index in [1.807, 2.05) is 0 Å². The van der Waals surface area contributed by atoms with Gasteiger partial charge < -0.3 is 4.74 Å². The molecular weight excluding hydrogens is 219 g/mol. The largest absolute Gasteiger partial charge is 0.464 e. The number of hydrogen-bond donors (Lipinski definition) is 0. The van der Waals surface area contributed by atoms with Gasteiger partial charge >= 0.3 is 5.97 Å². The van der Waals surface area contributed by atoms with Gasteiger partial charge in [0.2, 0.25) is 0 Å². The van der Waals surface area contributed by atoms with E-state index in [0.717, 1.165) is 0 Å². The lowest BCUT2D eigenvalue weighted by molar-refractivity contribution is -0.142. The average Bonchev–Trinajstić information content (AvgIpc) is 2.32. The lowest BCUT2D eigenvalue weighted by Crippen LogP contribution is -2.03. The van der Waals surface area contributed by atoms with E-state index in [2.05, 4.69) is 5.92 Å². The van der Waals surface area contributed by atoms with E-state index in [9.17, 15) is 9.18 Å². The van der Waals surface area contributed by atoms with E-state index in [-0.39, 0.29) is 24.8 Å². The van der Waals surface area contributed by atoms with Crippen LogP contribution in [-0.4, -0.2) is 12.6 Å². The number of carbonyl (C=O) groups excluding carboxylic acids is 1. The van der Waals surface area contributed by atoms with E-state index >= 15 is 0 Å². The summed E-state index contributed by atoms with van der Waals surface area (Å²) in [4.78, 5) is 11.2. The minimum Gasteiger partial charge on any atom is -0.464 e. The van der Waals surface area contributed by atoms with Gasteiger partial charge in [0.1, 0.15) is 12.4 Å². The molecule has 0 amide bonds. The van der Waals surface area contributed by atoms with Crippen LogP contribution in [0.3, 0.4) is 0 Å². The van der Waals surface area contributed by atoms with E-state index in [1.54, 1.807) is 30.4 Å². The van der Waals surface area contributed by atoms with E-state index < -0.39 is 0 Å². The maximum atomic E-state index is 13.2. The van der Waals surface area contributed by atoms with Crippen LogP contribution in [0.25, 0.3) is 6.08 Å². The van der Waals surface area contributed by atoms with Gasteiger partial charge in [0.15, 0.2) is 0 Å². The van der Waals surface area contributed by atoms with Crippen molar-refractivity contribution in [3.05, 3.63) is 41.7 Å². The summed E-state index contributed by atoms with van der Waals surface area (Å²) < 4.78 is 18.0. The summed E-state index contributed by atoms with van der Waals surface area (Å²) in [5.74, 6) is 1.68. The number of halogens is 1. The third-order valence-electron chi connectivity index (χ3n) is 2.00. The highest BCUT2D eigenvalue weighted by molar-refractivity contribution is 5.72. The molecule has 0 bridgehead atoms. The van der Waals surface area contributed by atoms with Gasteiger partial charge in [-0.15, -0.1) is 12.3 Å². The summed E-state index contributed by atoms with van der Waals surface area (Å²) in [7, 11) is 0. The van der Waals surface area contributed by atoms with Crippen molar-refractivity contribution in [3.63, 3.8) is 0 Å². The molecule has 88 valence electrons. The van der Waals surface area contributed by atoms with Crippen LogP contribution in [0.15, 0.2) is 30.3 Å². The number of benzene rings is 1. The first-order valence-electron chi connectivity index (χ1n) is 5.24. The minimum absolute atomic E-state index is 0.110. The van der Waals surface area contributed by atoms with Crippen LogP contribution in [0.2, 0.25) is 0 Å². The van der Waals surface area contributed by atoms with Crippen molar-refractivity contribution in [3.8, 4) is 12.3 Å². The Kier molecular flexibility index (Phi) is 5.53. The van der Waals surface area contributed by atoms with Gasteiger partial charge in [0.05, 0.1) is 6.42 Å². The zero-order chi connectivity index (χ0) is 12.5. The van der Waals surface area contributed by atoms with Crippen molar-refractivity contribution in [2.75, 3.05) is 6.61 Å². The van der Waals surface area contributed by atoms with Crippen LogP contribution in [0.1, 0.15) is 18.4 Å². The van der Waals surface area contributed by atoms with Gasteiger partial charge in [-0.1, -0.05) is 30.4 Å². The molecule has 1 aromatic rings. The molecule has 0 heterocycles. The molecule has 1 rings (SSSR count). The van der Waals surface area contributed by atoms with Crippen molar-refractivity contribution in [1.29, 1.82) is 0 Å². The highest BCUT2D eigenvalue weighted by Crippen LogP contribution is 2.08. The number of ether oxygens (including phenoxy) is 1. The highest BCUT2D eigenvalue weighted by Gasteiger charge is 1.99. The second-order valence-electron chi connectivity index (χ2n) is 3.30. The average molecular weight is 232 g/mol. The van der Waals surface area contributed by atoms with Gasteiger partial charge in [-0.3, -0.25) is 4.79 Å². The third-order valence-corrected chi connectivity index (χ3v) is 2.00. The summed E-state index contributed by atoms with van der Waals surface area (Å²) in [6.07, 6.45) is 8.65. The molecule has 0 aliphatic carbocycles. The van der Waals surface area contributed by atoms with Crippen molar-refractivity contribution >= 4 is 12.0 Å². The van der Waals surface area contributed by atoms with Gasteiger partial charge in [0, 0.05) is 12.0 Å². The summed E-state index contributed by atoms with van der Waals surface area (Å²) in [6, 6.07) is 6.34. The Morgan fingerprint density at radius 1 is 1.47 bits per heavy atom. The summed E-state index contributed by atoms with van der Waals surface area (Å²) in [5.41, 5.74) is 0.448. The Labute approximate surface area is 100 Å². The molecule has 0 spiro atoms. The molecule has 3 heteroatoms. The lowest BCUT2D eigenvalue weighted by atomic mass is 10.2. The Bertz CT molecular complexity index is 444. The zero-order valence-electron chi connectivity index (χ0n) is 9.36. The highest BCUT2D eigenvalue weighted by atomic mass is 19.1. The molecule has 0 aliphatic rings. The first kappa shape index (κ1) is 13.0. The molecular formula is C14H13FO2. The molecule has 0 aromatic heterocycles. The van der Waals surface area contributed by atoms with Gasteiger partial charge in [-0.05, 0) is 6.07 Å². The number of terminal acetylenes is 1. The van der Waals surface area contributed by atoms with Crippen molar-refractivity contribution in [1.82, 2.24) is 0 Å². The normalized spacial score (nSPS) is 10.1. The van der Waals surface area contributed by atoms with Crippen LogP contribution in [0.5, 0.6) is 0 Å². The van der Waals surface area contributed by atoms with Crippen molar-refractivity contribution in [2.45, 2.75) is 12.8 Å². The van der Waals surface area contributed by atoms with Crippen molar-refractivity contribution in [2.24, 2.45) is 0 Å². The molecule has 0 saturated heterocycles. The fraction of sp³-hybridized carbons (Fsp3) is 0.214. The molecule has 0 atom stereocenters. The van der Waals surface area contributed by atoms with Crippen LogP contribution < -0.4 is 0 Å². The molecule has 2 nitrogen and oxygen atoms in total. The maximum absolute atomic E-state index is 13.2. The topological polar surface area (TPSA) is 26.3 Å². The van der Waals surface area contributed by atoms with Gasteiger partial charge in [-0.25, -0.2) is 4.39 Å². The number of esters is 1. The smallest absolute Gasteiger partial charge is 0.309 e. The monoisotopic (exact) mass is 232 g/mol. The number of carbonyl (C=O) groups is 1. The standard InChI is InChI=1S/C14H13FO2/c1-2-3-11-17-14(16)10-6-8-12-7-4-5-9-13(12)15/h1,4-9H,3,10-11H2/b8-6+. The van der Waals surface area contributed by atoms with Gasteiger partial charge in [0.25, 0.3) is 0 Å².